The number of carbonyl (C=O) groups is 2. The first-order chi connectivity index (χ1) is 18.3. The maximum atomic E-state index is 13.5. The number of ether oxygens (including phenoxy) is 1. The average Bonchev–Trinajstić information content (AvgIpc) is 3.46. The number of Topliss-reactive ketones (excluding diaryl/α,β-unsaturated/α-hetero) is 1. The van der Waals surface area contributed by atoms with E-state index in [0.29, 0.717) is 29.0 Å². The molecule has 38 heavy (non-hydrogen) atoms. The lowest BCUT2D eigenvalue weighted by Crippen LogP contribution is -2.29. The lowest BCUT2D eigenvalue weighted by atomic mass is 9.93. The Morgan fingerprint density at radius 3 is 2.37 bits per heavy atom. The van der Waals surface area contributed by atoms with Crippen molar-refractivity contribution in [1.29, 1.82) is 0 Å². The third kappa shape index (κ3) is 4.58. The van der Waals surface area contributed by atoms with Gasteiger partial charge < -0.3 is 9.84 Å². The summed E-state index contributed by atoms with van der Waals surface area (Å²) in [6, 6.07) is 19.9. The van der Waals surface area contributed by atoms with Gasteiger partial charge in [-0.2, -0.15) is 0 Å². The molecule has 1 saturated heterocycles. The number of rotatable bonds is 7. The summed E-state index contributed by atoms with van der Waals surface area (Å²) in [5, 5.41) is 11.8. The molecule has 1 N–H and O–H groups in total. The summed E-state index contributed by atoms with van der Waals surface area (Å²) in [6.07, 6.45) is 0.887. The fourth-order valence-corrected chi connectivity index (χ4v) is 5.78. The third-order valence-corrected chi connectivity index (χ3v) is 7.88. The van der Waals surface area contributed by atoms with E-state index >= 15 is 0 Å². The van der Waals surface area contributed by atoms with Crippen LogP contribution in [-0.2, 0) is 16.0 Å². The Kier molecular flexibility index (Phi) is 7.04. The minimum absolute atomic E-state index is 0.0463. The molecule has 0 bridgehead atoms. The van der Waals surface area contributed by atoms with Gasteiger partial charge in [0.1, 0.15) is 11.5 Å². The van der Waals surface area contributed by atoms with Crippen molar-refractivity contribution in [1.82, 2.24) is 4.98 Å². The average molecular weight is 527 g/mol. The van der Waals surface area contributed by atoms with Crippen molar-refractivity contribution in [2.45, 2.75) is 46.1 Å². The minimum Gasteiger partial charge on any atom is -0.507 e. The summed E-state index contributed by atoms with van der Waals surface area (Å²) < 4.78 is 6.46. The topological polar surface area (TPSA) is 79.7 Å². The Morgan fingerprint density at radius 1 is 1.03 bits per heavy atom. The molecule has 1 aliphatic rings. The van der Waals surface area contributed by atoms with Crippen molar-refractivity contribution < 1.29 is 19.4 Å². The number of fused-ring (bicyclic) bond motifs is 1. The first kappa shape index (κ1) is 25.7. The molecule has 5 rings (SSSR count). The molecular weight excluding hydrogens is 496 g/mol. The lowest BCUT2D eigenvalue weighted by Gasteiger charge is -2.23. The molecule has 3 aromatic carbocycles. The smallest absolute Gasteiger partial charge is 0.301 e. The largest absolute Gasteiger partial charge is 0.507 e. The normalized spacial score (nSPS) is 17.1. The highest BCUT2D eigenvalue weighted by atomic mass is 32.1. The quantitative estimate of drug-likeness (QED) is 0.159. The van der Waals surface area contributed by atoms with Crippen LogP contribution in [-0.4, -0.2) is 28.4 Å². The van der Waals surface area contributed by atoms with Crippen LogP contribution in [0.25, 0.3) is 16.0 Å². The molecule has 1 fully saturated rings. The molecule has 0 spiro atoms. The molecule has 0 aliphatic carbocycles. The molecular formula is C31H30N2O4S. The van der Waals surface area contributed by atoms with Crippen LogP contribution in [0.15, 0.2) is 72.3 Å². The second kappa shape index (κ2) is 10.4. The van der Waals surface area contributed by atoms with Gasteiger partial charge in [0.2, 0.25) is 0 Å². The van der Waals surface area contributed by atoms with Crippen LogP contribution in [0.5, 0.6) is 5.75 Å². The number of hydrogen-bond acceptors (Lipinski definition) is 6. The van der Waals surface area contributed by atoms with Crippen LogP contribution in [0.1, 0.15) is 61.9 Å². The maximum absolute atomic E-state index is 13.5. The van der Waals surface area contributed by atoms with Gasteiger partial charge in [-0.15, -0.1) is 0 Å². The number of anilines is 1. The van der Waals surface area contributed by atoms with Gasteiger partial charge >= 0.3 is 5.91 Å². The first-order valence-electron chi connectivity index (χ1n) is 12.9. The van der Waals surface area contributed by atoms with Crippen molar-refractivity contribution in [2.75, 3.05) is 11.5 Å². The SMILES string of the molecule is CCOc1ccc(/C(O)=C2\C(=O)C(=O)N(c3nc4ccc(CC)cc4s3)[C@@H]2c2ccc(C(C)C)cc2)cc1. The number of ketones is 1. The number of thiazole rings is 1. The second-order valence-corrected chi connectivity index (χ2v) is 10.6. The predicted molar refractivity (Wildman–Crippen MR) is 152 cm³/mol. The highest BCUT2D eigenvalue weighted by Gasteiger charge is 2.48. The van der Waals surface area contributed by atoms with Gasteiger partial charge in [0.25, 0.3) is 5.78 Å². The van der Waals surface area contributed by atoms with Crippen LogP contribution in [0.4, 0.5) is 5.13 Å². The van der Waals surface area contributed by atoms with Crippen LogP contribution in [0.2, 0.25) is 0 Å². The van der Waals surface area contributed by atoms with Crippen molar-refractivity contribution >= 4 is 44.1 Å². The van der Waals surface area contributed by atoms with E-state index in [1.54, 1.807) is 24.3 Å². The van der Waals surface area contributed by atoms with Gasteiger partial charge in [0.15, 0.2) is 5.13 Å². The molecule has 1 atom stereocenters. The van der Waals surface area contributed by atoms with E-state index in [9.17, 15) is 14.7 Å². The summed E-state index contributed by atoms with van der Waals surface area (Å²) in [5.74, 6) is -0.670. The molecule has 1 aliphatic heterocycles. The van der Waals surface area contributed by atoms with Gasteiger partial charge in [-0.05, 0) is 72.4 Å². The number of nitrogens with zero attached hydrogens (tertiary/aromatic N) is 2. The molecule has 6 nitrogen and oxygen atoms in total. The molecule has 2 heterocycles. The van der Waals surface area contributed by atoms with Gasteiger partial charge in [0, 0.05) is 5.56 Å². The van der Waals surface area contributed by atoms with Crippen molar-refractivity contribution in [2.24, 2.45) is 0 Å². The zero-order chi connectivity index (χ0) is 27.0. The number of aliphatic hydroxyl groups is 1. The van der Waals surface area contributed by atoms with E-state index in [4.69, 9.17) is 9.72 Å². The maximum Gasteiger partial charge on any atom is 0.301 e. The Labute approximate surface area is 226 Å². The molecule has 1 amide bonds. The molecule has 194 valence electrons. The van der Waals surface area contributed by atoms with E-state index in [1.807, 2.05) is 43.3 Å². The van der Waals surface area contributed by atoms with Crippen LogP contribution < -0.4 is 9.64 Å². The van der Waals surface area contributed by atoms with E-state index in [0.717, 1.165) is 27.8 Å². The zero-order valence-corrected chi connectivity index (χ0v) is 22.7. The number of aliphatic hydroxyl groups excluding tert-OH is 1. The van der Waals surface area contributed by atoms with Crippen molar-refractivity contribution in [3.63, 3.8) is 0 Å². The first-order valence-corrected chi connectivity index (χ1v) is 13.7. The van der Waals surface area contributed by atoms with E-state index in [-0.39, 0.29) is 11.3 Å². The van der Waals surface area contributed by atoms with Crippen LogP contribution >= 0.6 is 11.3 Å². The summed E-state index contributed by atoms with van der Waals surface area (Å²) in [6.45, 7) is 8.72. The fraction of sp³-hybridized carbons (Fsp3) is 0.258. The molecule has 0 saturated carbocycles. The zero-order valence-electron chi connectivity index (χ0n) is 21.9. The van der Waals surface area contributed by atoms with Gasteiger partial charge in [-0.1, -0.05) is 62.4 Å². The fourth-order valence-electron chi connectivity index (χ4n) is 4.72. The number of aromatic nitrogens is 1. The van der Waals surface area contributed by atoms with E-state index in [1.165, 1.54) is 21.8 Å². The summed E-state index contributed by atoms with van der Waals surface area (Å²) in [5.41, 5.74) is 4.30. The second-order valence-electron chi connectivity index (χ2n) is 9.60. The van der Waals surface area contributed by atoms with Gasteiger partial charge in [0.05, 0.1) is 28.4 Å². The number of aryl methyl sites for hydroxylation is 1. The highest BCUT2D eigenvalue weighted by molar-refractivity contribution is 7.22. The van der Waals surface area contributed by atoms with E-state index < -0.39 is 17.7 Å². The molecule has 0 radical (unpaired) electrons. The molecule has 4 aromatic rings. The number of benzene rings is 3. The standard InChI is InChI=1S/C31H30N2O4S/c1-5-19-7-16-24-25(17-19)38-31(32-24)33-27(21-10-8-20(9-11-21)18(3)4)26(29(35)30(33)36)28(34)22-12-14-23(15-13-22)37-6-2/h7-18,27,34H,5-6H2,1-4H3/b28-26+/t27-/m1/s1. The third-order valence-electron chi connectivity index (χ3n) is 6.86. The highest BCUT2D eigenvalue weighted by Crippen LogP contribution is 2.44. The molecule has 1 aromatic heterocycles. The predicted octanol–water partition coefficient (Wildman–Crippen LogP) is 7.01. The van der Waals surface area contributed by atoms with Crippen LogP contribution in [0.3, 0.4) is 0 Å². The van der Waals surface area contributed by atoms with Gasteiger partial charge in [-0.25, -0.2) is 4.98 Å². The number of carbonyl (C=O) groups excluding carboxylic acids is 2. The monoisotopic (exact) mass is 526 g/mol. The summed E-state index contributed by atoms with van der Waals surface area (Å²) >= 11 is 1.37. The Hall–Kier alpha value is -3.97. The van der Waals surface area contributed by atoms with Crippen molar-refractivity contribution in [3.05, 3.63) is 94.6 Å². The van der Waals surface area contributed by atoms with E-state index in [2.05, 4.69) is 26.8 Å². The Morgan fingerprint density at radius 2 is 1.74 bits per heavy atom. The molecule has 0 unspecified atom stereocenters. The number of hydrogen-bond donors (Lipinski definition) is 1. The number of amides is 1. The summed E-state index contributed by atoms with van der Waals surface area (Å²) in [4.78, 5) is 33.2. The Bertz CT molecular complexity index is 1530. The minimum atomic E-state index is -0.811. The van der Waals surface area contributed by atoms with Gasteiger partial charge in [-0.3, -0.25) is 14.5 Å². The summed E-state index contributed by atoms with van der Waals surface area (Å²) in [7, 11) is 0. The van der Waals surface area contributed by atoms with Crippen LogP contribution in [0, 0.1) is 0 Å². The lowest BCUT2D eigenvalue weighted by molar-refractivity contribution is -0.132. The van der Waals surface area contributed by atoms with Crippen molar-refractivity contribution in [3.8, 4) is 5.75 Å². The Balaban J connectivity index is 1.67. The molecule has 7 heteroatoms.